The van der Waals surface area contributed by atoms with Crippen LogP contribution in [0.3, 0.4) is 0 Å². The number of nitrogens with one attached hydrogen (secondary N) is 1. The smallest absolute Gasteiger partial charge is 0.155 e. The van der Waals surface area contributed by atoms with E-state index in [-0.39, 0.29) is 0 Å². The van der Waals surface area contributed by atoms with Crippen molar-refractivity contribution in [2.75, 3.05) is 13.1 Å². The number of rotatable bonds is 4. The topological polar surface area (TPSA) is 75.0 Å². The lowest BCUT2D eigenvalue weighted by Gasteiger charge is -2.41. The third-order valence-corrected chi connectivity index (χ3v) is 5.44. The van der Waals surface area contributed by atoms with Crippen molar-refractivity contribution in [1.29, 1.82) is 0 Å². The van der Waals surface area contributed by atoms with Gasteiger partial charge < -0.3 is 4.98 Å². The van der Waals surface area contributed by atoms with Gasteiger partial charge in [0, 0.05) is 42.5 Å². The van der Waals surface area contributed by atoms with E-state index in [9.17, 15) is 0 Å². The SMILES string of the molecule is Cc1cccc(-c2nc(C3CN(C(C)C)C3)[nH]c2-c2ccc3ncnn3c2)n1. The molecule has 0 radical (unpaired) electrons. The molecule has 1 fully saturated rings. The van der Waals surface area contributed by atoms with Crippen molar-refractivity contribution in [2.45, 2.75) is 32.7 Å². The number of hydrogen-bond acceptors (Lipinski definition) is 5. The maximum absolute atomic E-state index is 4.99. The van der Waals surface area contributed by atoms with Gasteiger partial charge >= 0.3 is 0 Å². The van der Waals surface area contributed by atoms with Crippen molar-refractivity contribution < 1.29 is 0 Å². The van der Waals surface area contributed by atoms with Gasteiger partial charge in [-0.2, -0.15) is 5.10 Å². The van der Waals surface area contributed by atoms with Gasteiger partial charge in [0.05, 0.1) is 11.4 Å². The first-order valence-electron chi connectivity index (χ1n) is 9.66. The van der Waals surface area contributed by atoms with Crippen molar-refractivity contribution in [1.82, 2.24) is 34.4 Å². The van der Waals surface area contributed by atoms with Crippen LogP contribution < -0.4 is 0 Å². The van der Waals surface area contributed by atoms with Crippen LogP contribution in [-0.4, -0.2) is 53.6 Å². The highest BCUT2D eigenvalue weighted by Crippen LogP contribution is 2.34. The van der Waals surface area contributed by atoms with Gasteiger partial charge in [0.2, 0.25) is 0 Å². The number of fused-ring (bicyclic) bond motifs is 1. The Kier molecular flexibility index (Phi) is 3.98. The largest absolute Gasteiger partial charge is 0.341 e. The Balaban J connectivity index is 1.59. The predicted octanol–water partition coefficient (Wildman–Crippen LogP) is 3.30. The molecule has 1 aliphatic heterocycles. The monoisotopic (exact) mass is 373 g/mol. The molecular formula is C21H23N7. The molecule has 5 heterocycles. The number of hydrogen-bond donors (Lipinski definition) is 1. The Morgan fingerprint density at radius 3 is 2.75 bits per heavy atom. The van der Waals surface area contributed by atoms with Crippen molar-refractivity contribution in [2.24, 2.45) is 0 Å². The second-order valence-corrected chi connectivity index (χ2v) is 7.74. The number of aromatic nitrogens is 6. The second-order valence-electron chi connectivity index (χ2n) is 7.74. The Labute approximate surface area is 163 Å². The zero-order valence-electron chi connectivity index (χ0n) is 16.3. The average Bonchev–Trinajstić information content (AvgIpc) is 3.26. The van der Waals surface area contributed by atoms with E-state index in [4.69, 9.17) is 9.97 Å². The number of imidazole rings is 1. The summed E-state index contributed by atoms with van der Waals surface area (Å²) in [6.07, 6.45) is 3.55. The summed E-state index contributed by atoms with van der Waals surface area (Å²) < 4.78 is 1.78. The molecule has 0 saturated carbocycles. The molecule has 0 spiro atoms. The second kappa shape index (κ2) is 6.53. The highest BCUT2D eigenvalue weighted by Gasteiger charge is 2.33. The van der Waals surface area contributed by atoms with Crippen LogP contribution in [0.25, 0.3) is 28.3 Å². The van der Waals surface area contributed by atoms with Crippen LogP contribution in [0.4, 0.5) is 0 Å². The molecule has 1 saturated heterocycles. The first-order chi connectivity index (χ1) is 13.6. The van der Waals surface area contributed by atoms with E-state index in [0.29, 0.717) is 12.0 Å². The Morgan fingerprint density at radius 2 is 1.96 bits per heavy atom. The van der Waals surface area contributed by atoms with Crippen molar-refractivity contribution >= 4 is 5.65 Å². The van der Waals surface area contributed by atoms with E-state index in [1.807, 2.05) is 37.4 Å². The molecule has 0 aliphatic carbocycles. The van der Waals surface area contributed by atoms with Crippen LogP contribution in [0.1, 0.15) is 31.3 Å². The van der Waals surface area contributed by atoms with Gasteiger partial charge in [-0.1, -0.05) is 6.07 Å². The van der Waals surface area contributed by atoms with E-state index < -0.39 is 0 Å². The zero-order valence-corrected chi connectivity index (χ0v) is 16.3. The lowest BCUT2D eigenvalue weighted by atomic mass is 9.98. The maximum Gasteiger partial charge on any atom is 0.155 e. The molecule has 0 bridgehead atoms. The van der Waals surface area contributed by atoms with E-state index in [1.165, 1.54) is 0 Å². The standard InChI is InChI=1S/C21H23N7/c1-13(2)27-9-16(10-27)21-25-19(15-7-8-18-22-12-23-28(18)11-15)20(26-21)17-6-4-5-14(3)24-17/h4-8,11-13,16H,9-10H2,1-3H3,(H,25,26). The molecule has 4 aromatic rings. The van der Waals surface area contributed by atoms with Crippen molar-refractivity contribution in [3.05, 3.63) is 54.4 Å². The van der Waals surface area contributed by atoms with Crippen LogP contribution in [0.2, 0.25) is 0 Å². The molecule has 0 unspecified atom stereocenters. The number of aryl methyl sites for hydroxylation is 1. The van der Waals surface area contributed by atoms with Gasteiger partial charge in [0.1, 0.15) is 17.8 Å². The van der Waals surface area contributed by atoms with Crippen LogP contribution in [0.15, 0.2) is 42.9 Å². The minimum Gasteiger partial charge on any atom is -0.341 e. The van der Waals surface area contributed by atoms with E-state index >= 15 is 0 Å². The van der Waals surface area contributed by atoms with E-state index in [0.717, 1.165) is 52.9 Å². The van der Waals surface area contributed by atoms with Crippen molar-refractivity contribution in [3.63, 3.8) is 0 Å². The number of pyridine rings is 2. The maximum atomic E-state index is 4.99. The summed E-state index contributed by atoms with van der Waals surface area (Å²) in [6.45, 7) is 8.55. The van der Waals surface area contributed by atoms with Crippen LogP contribution >= 0.6 is 0 Å². The van der Waals surface area contributed by atoms with Crippen LogP contribution in [0, 0.1) is 6.92 Å². The summed E-state index contributed by atoms with van der Waals surface area (Å²) in [5.74, 6) is 1.46. The summed E-state index contributed by atoms with van der Waals surface area (Å²) in [7, 11) is 0. The summed E-state index contributed by atoms with van der Waals surface area (Å²) in [4.78, 5) is 20.0. The fourth-order valence-corrected chi connectivity index (χ4v) is 3.73. The van der Waals surface area contributed by atoms with Gasteiger partial charge in [-0.25, -0.2) is 14.5 Å². The van der Waals surface area contributed by atoms with E-state index in [2.05, 4.69) is 39.9 Å². The quantitative estimate of drug-likeness (QED) is 0.594. The summed E-state index contributed by atoms with van der Waals surface area (Å²) >= 11 is 0. The number of H-pyrrole nitrogens is 1. The normalized spacial score (nSPS) is 15.4. The first kappa shape index (κ1) is 17.1. The molecule has 7 nitrogen and oxygen atoms in total. The molecule has 5 rings (SSSR count). The van der Waals surface area contributed by atoms with Gasteiger partial charge in [0.15, 0.2) is 5.65 Å². The lowest BCUT2D eigenvalue weighted by molar-refractivity contribution is 0.106. The Morgan fingerprint density at radius 1 is 1.11 bits per heavy atom. The minimum atomic E-state index is 0.426. The lowest BCUT2D eigenvalue weighted by Crippen LogP contribution is -2.48. The van der Waals surface area contributed by atoms with Crippen LogP contribution in [0.5, 0.6) is 0 Å². The molecule has 0 atom stereocenters. The Bertz CT molecular complexity index is 1130. The van der Waals surface area contributed by atoms with E-state index in [1.54, 1.807) is 10.8 Å². The van der Waals surface area contributed by atoms with Gasteiger partial charge in [-0.05, 0) is 45.0 Å². The number of nitrogens with zero attached hydrogens (tertiary/aromatic N) is 6. The minimum absolute atomic E-state index is 0.426. The van der Waals surface area contributed by atoms with Gasteiger partial charge in [-0.3, -0.25) is 9.88 Å². The molecule has 0 amide bonds. The average molecular weight is 373 g/mol. The Hall–Kier alpha value is -3.06. The first-order valence-corrected chi connectivity index (χ1v) is 9.66. The molecular weight excluding hydrogens is 350 g/mol. The molecule has 142 valence electrons. The molecule has 1 aliphatic rings. The fraction of sp³-hybridized carbons (Fsp3) is 0.333. The third-order valence-electron chi connectivity index (χ3n) is 5.44. The summed E-state index contributed by atoms with van der Waals surface area (Å²) in [5.41, 5.74) is 5.58. The third kappa shape index (κ3) is 2.88. The number of aromatic amines is 1. The molecule has 7 heteroatoms. The van der Waals surface area contributed by atoms with Gasteiger partial charge in [0.25, 0.3) is 0 Å². The molecule has 4 aromatic heterocycles. The zero-order chi connectivity index (χ0) is 19.3. The highest BCUT2D eigenvalue weighted by molar-refractivity contribution is 5.77. The van der Waals surface area contributed by atoms with Gasteiger partial charge in [-0.15, -0.1) is 0 Å². The predicted molar refractivity (Wildman–Crippen MR) is 108 cm³/mol. The highest BCUT2D eigenvalue weighted by atomic mass is 15.3. The summed E-state index contributed by atoms with van der Waals surface area (Å²) in [6, 6.07) is 10.6. The molecule has 28 heavy (non-hydrogen) atoms. The van der Waals surface area contributed by atoms with Crippen LogP contribution in [-0.2, 0) is 0 Å². The molecule has 0 aromatic carbocycles. The molecule has 1 N–H and O–H groups in total. The van der Waals surface area contributed by atoms with Crippen molar-refractivity contribution in [3.8, 4) is 22.6 Å². The number of likely N-dealkylation sites (tertiary alicyclic amines) is 1. The summed E-state index contributed by atoms with van der Waals surface area (Å²) in [5, 5.41) is 4.27. The fourth-order valence-electron chi connectivity index (χ4n) is 3.73.